The fourth-order valence-corrected chi connectivity index (χ4v) is 3.64. The van der Waals surface area contributed by atoms with Crippen molar-refractivity contribution in [2.45, 2.75) is 30.7 Å². The average Bonchev–Trinajstić information content (AvgIpc) is 2.49. The van der Waals surface area contributed by atoms with Gasteiger partial charge in [0.15, 0.2) is 0 Å². The Labute approximate surface area is 144 Å². The van der Waals surface area contributed by atoms with Gasteiger partial charge in [0.2, 0.25) is 11.8 Å². The molecule has 0 aliphatic carbocycles. The number of carbonyl (C=O) groups is 2. The number of benzene rings is 1. The largest absolute Gasteiger partial charge is 0.353 e. The molecule has 0 saturated carbocycles. The van der Waals surface area contributed by atoms with Gasteiger partial charge in [-0.2, -0.15) is 0 Å². The maximum Gasteiger partial charge on any atom is 0.230 e. The van der Waals surface area contributed by atoms with Gasteiger partial charge in [0.05, 0.1) is 10.8 Å². The van der Waals surface area contributed by atoms with E-state index in [1.807, 2.05) is 4.90 Å². The molecule has 2 amide bonds. The third kappa shape index (κ3) is 5.07. The lowest BCUT2D eigenvalue weighted by Gasteiger charge is -2.31. The lowest BCUT2D eigenvalue weighted by atomic mass is 10.1. The minimum Gasteiger partial charge on any atom is -0.353 e. The van der Waals surface area contributed by atoms with Crippen molar-refractivity contribution in [1.29, 1.82) is 0 Å². The molecule has 0 bridgehead atoms. The molecule has 22 heavy (non-hydrogen) atoms. The second-order valence-corrected chi connectivity index (χ2v) is 7.07. The number of nitrogens with one attached hydrogen (secondary N) is 1. The average molecular weight is 361 g/mol. The Morgan fingerprint density at radius 1 is 1.32 bits per heavy atom. The number of thioether (sulfide) groups is 1. The predicted octanol–water partition coefficient (Wildman–Crippen LogP) is 3.21. The maximum atomic E-state index is 12.0. The molecule has 1 fully saturated rings. The molecule has 4 nitrogen and oxygen atoms in total. The van der Waals surface area contributed by atoms with Crippen molar-refractivity contribution < 1.29 is 9.59 Å². The fourth-order valence-electron chi connectivity index (χ4n) is 2.34. The molecule has 1 heterocycles. The Hall–Kier alpha value is -0.910. The van der Waals surface area contributed by atoms with E-state index in [2.05, 4.69) is 5.32 Å². The highest BCUT2D eigenvalue weighted by Crippen LogP contribution is 2.29. The summed E-state index contributed by atoms with van der Waals surface area (Å²) in [5, 5.41) is 4.20. The molecule has 1 aliphatic heterocycles. The van der Waals surface area contributed by atoms with E-state index >= 15 is 0 Å². The highest BCUT2D eigenvalue weighted by atomic mass is 35.5. The number of carbonyl (C=O) groups excluding carboxylic acids is 2. The first-order chi connectivity index (χ1) is 10.5. The van der Waals surface area contributed by atoms with Gasteiger partial charge < -0.3 is 10.2 Å². The molecular weight excluding hydrogens is 343 g/mol. The summed E-state index contributed by atoms with van der Waals surface area (Å²) < 4.78 is 0. The minimum absolute atomic E-state index is 0.0256. The standard InChI is InChI=1S/C15H18Cl2N2O2S/c1-10(20)19-6-4-12(5-7-19)18-15(21)9-22-14-8-11(16)2-3-13(14)17/h2-3,8,12H,4-7,9H2,1H3,(H,18,21). The Morgan fingerprint density at radius 3 is 2.64 bits per heavy atom. The van der Waals surface area contributed by atoms with Crippen LogP contribution in [0.3, 0.4) is 0 Å². The first-order valence-electron chi connectivity index (χ1n) is 7.08. The smallest absolute Gasteiger partial charge is 0.230 e. The maximum absolute atomic E-state index is 12.0. The van der Waals surface area contributed by atoms with Crippen LogP contribution in [0, 0.1) is 0 Å². The van der Waals surface area contributed by atoms with Crippen molar-refractivity contribution in [1.82, 2.24) is 10.2 Å². The number of rotatable bonds is 4. The van der Waals surface area contributed by atoms with Crippen molar-refractivity contribution >= 4 is 46.8 Å². The molecule has 1 aromatic rings. The summed E-state index contributed by atoms with van der Waals surface area (Å²) in [5.74, 6) is 0.366. The molecule has 1 aromatic carbocycles. The number of piperidine rings is 1. The third-order valence-electron chi connectivity index (χ3n) is 3.56. The molecule has 1 aliphatic rings. The van der Waals surface area contributed by atoms with E-state index in [9.17, 15) is 9.59 Å². The molecule has 120 valence electrons. The van der Waals surface area contributed by atoms with E-state index < -0.39 is 0 Å². The van der Waals surface area contributed by atoms with Gasteiger partial charge in [0.1, 0.15) is 0 Å². The van der Waals surface area contributed by atoms with Gasteiger partial charge in [-0.25, -0.2) is 0 Å². The van der Waals surface area contributed by atoms with Gasteiger partial charge in [-0.1, -0.05) is 23.2 Å². The second kappa shape index (κ2) is 8.09. The summed E-state index contributed by atoms with van der Waals surface area (Å²) in [6, 6.07) is 5.34. The first-order valence-corrected chi connectivity index (χ1v) is 8.82. The summed E-state index contributed by atoms with van der Waals surface area (Å²) in [5.41, 5.74) is 0. The van der Waals surface area contributed by atoms with Crippen LogP contribution in [0.5, 0.6) is 0 Å². The number of likely N-dealkylation sites (tertiary alicyclic amines) is 1. The molecule has 0 atom stereocenters. The predicted molar refractivity (Wildman–Crippen MR) is 90.6 cm³/mol. The van der Waals surface area contributed by atoms with E-state index in [0.29, 0.717) is 28.9 Å². The normalized spacial score (nSPS) is 15.7. The van der Waals surface area contributed by atoms with E-state index in [0.717, 1.165) is 17.7 Å². The van der Waals surface area contributed by atoms with E-state index in [4.69, 9.17) is 23.2 Å². The van der Waals surface area contributed by atoms with Crippen molar-refractivity contribution in [3.63, 3.8) is 0 Å². The van der Waals surface area contributed by atoms with Crippen LogP contribution in [0.1, 0.15) is 19.8 Å². The van der Waals surface area contributed by atoms with Gasteiger partial charge >= 0.3 is 0 Å². The molecule has 1 saturated heterocycles. The van der Waals surface area contributed by atoms with E-state index in [1.165, 1.54) is 11.8 Å². The van der Waals surface area contributed by atoms with Crippen LogP contribution in [0.4, 0.5) is 0 Å². The second-order valence-electron chi connectivity index (χ2n) is 5.21. The summed E-state index contributed by atoms with van der Waals surface area (Å²) >= 11 is 13.4. The van der Waals surface area contributed by atoms with Gasteiger partial charge in [-0.05, 0) is 31.0 Å². The summed E-state index contributed by atoms with van der Waals surface area (Å²) in [6.45, 7) is 2.98. The molecular formula is C15H18Cl2N2O2S. The molecule has 1 N–H and O–H groups in total. The quantitative estimate of drug-likeness (QED) is 0.838. The Bertz CT molecular complexity index is 560. The molecule has 2 rings (SSSR count). The van der Waals surface area contributed by atoms with Gasteiger partial charge in [0.25, 0.3) is 0 Å². The number of nitrogens with zero attached hydrogens (tertiary/aromatic N) is 1. The molecule has 0 aromatic heterocycles. The highest BCUT2D eigenvalue weighted by molar-refractivity contribution is 8.00. The molecule has 7 heteroatoms. The Morgan fingerprint density at radius 2 is 2.00 bits per heavy atom. The van der Waals surface area contributed by atoms with Crippen molar-refractivity contribution in [3.05, 3.63) is 28.2 Å². The minimum atomic E-state index is -0.0256. The van der Waals surface area contributed by atoms with Gasteiger partial charge in [-0.15, -0.1) is 11.8 Å². The SMILES string of the molecule is CC(=O)N1CCC(NC(=O)CSc2cc(Cl)ccc2Cl)CC1. The zero-order chi connectivity index (χ0) is 16.1. The van der Waals surface area contributed by atoms with Gasteiger partial charge in [-0.3, -0.25) is 9.59 Å². The van der Waals surface area contributed by atoms with Crippen molar-refractivity contribution in [2.75, 3.05) is 18.8 Å². The number of hydrogen-bond acceptors (Lipinski definition) is 3. The molecule has 0 unspecified atom stereocenters. The van der Waals surface area contributed by atoms with E-state index in [-0.39, 0.29) is 17.9 Å². The first kappa shape index (κ1) is 17.4. The van der Waals surface area contributed by atoms with Crippen LogP contribution in [0.2, 0.25) is 10.0 Å². The lowest BCUT2D eigenvalue weighted by molar-refractivity contribution is -0.130. The topological polar surface area (TPSA) is 49.4 Å². The summed E-state index contributed by atoms with van der Waals surface area (Å²) in [7, 11) is 0. The Balaban J connectivity index is 1.77. The van der Waals surface area contributed by atoms with Crippen LogP contribution in [-0.2, 0) is 9.59 Å². The van der Waals surface area contributed by atoms with Crippen LogP contribution in [0.15, 0.2) is 23.1 Å². The van der Waals surface area contributed by atoms with Crippen molar-refractivity contribution in [2.24, 2.45) is 0 Å². The van der Waals surface area contributed by atoms with Gasteiger partial charge in [0, 0.05) is 36.0 Å². The molecule has 0 radical (unpaired) electrons. The number of amides is 2. The monoisotopic (exact) mass is 360 g/mol. The fraction of sp³-hybridized carbons (Fsp3) is 0.467. The Kier molecular flexibility index (Phi) is 6.41. The number of halogens is 2. The number of hydrogen-bond donors (Lipinski definition) is 1. The van der Waals surface area contributed by atoms with E-state index in [1.54, 1.807) is 25.1 Å². The van der Waals surface area contributed by atoms with Crippen LogP contribution >= 0.6 is 35.0 Å². The van der Waals surface area contributed by atoms with Crippen LogP contribution in [-0.4, -0.2) is 41.6 Å². The van der Waals surface area contributed by atoms with Crippen LogP contribution in [0.25, 0.3) is 0 Å². The van der Waals surface area contributed by atoms with Crippen LogP contribution < -0.4 is 5.32 Å². The zero-order valence-electron chi connectivity index (χ0n) is 12.3. The highest BCUT2D eigenvalue weighted by Gasteiger charge is 2.21. The zero-order valence-corrected chi connectivity index (χ0v) is 14.6. The summed E-state index contributed by atoms with van der Waals surface area (Å²) in [4.78, 5) is 25.9. The summed E-state index contributed by atoms with van der Waals surface area (Å²) in [6.07, 6.45) is 1.60. The lowest BCUT2D eigenvalue weighted by Crippen LogP contribution is -2.46. The third-order valence-corrected chi connectivity index (χ3v) is 5.29. The molecule has 0 spiro atoms. The van der Waals surface area contributed by atoms with Crippen molar-refractivity contribution in [3.8, 4) is 0 Å².